The molecule has 0 bridgehead atoms. The van der Waals surface area contributed by atoms with Crippen molar-refractivity contribution in [3.8, 4) is 0 Å². The Balaban J connectivity index is 0.00000132. The fourth-order valence-electron chi connectivity index (χ4n) is 3.26. The summed E-state index contributed by atoms with van der Waals surface area (Å²) >= 11 is 0. The molecule has 7 nitrogen and oxygen atoms in total. The van der Waals surface area contributed by atoms with E-state index in [9.17, 15) is 9.59 Å². The molecular weight excluding hydrogens is 341 g/mol. The Hall–Kier alpha value is -1.31. The van der Waals surface area contributed by atoms with Crippen LogP contribution in [0.2, 0.25) is 0 Å². The van der Waals surface area contributed by atoms with E-state index in [1.165, 1.54) is 4.90 Å². The highest BCUT2D eigenvalue weighted by Gasteiger charge is 2.55. The molecule has 2 aliphatic rings. The van der Waals surface area contributed by atoms with Crippen molar-refractivity contribution in [1.29, 1.82) is 0 Å². The van der Waals surface area contributed by atoms with Gasteiger partial charge in [-0.25, -0.2) is 9.78 Å². The van der Waals surface area contributed by atoms with Gasteiger partial charge in [0.15, 0.2) is 0 Å². The van der Waals surface area contributed by atoms with Crippen LogP contribution in [0.5, 0.6) is 0 Å². The molecule has 3 heterocycles. The van der Waals surface area contributed by atoms with Crippen molar-refractivity contribution in [2.75, 3.05) is 26.7 Å². The van der Waals surface area contributed by atoms with Crippen LogP contribution in [-0.4, -0.2) is 63.5 Å². The predicted octanol–water partition coefficient (Wildman–Crippen LogP) is 1.13. The van der Waals surface area contributed by atoms with E-state index in [0.29, 0.717) is 19.4 Å². The van der Waals surface area contributed by atoms with E-state index in [1.54, 1.807) is 24.5 Å². The number of carbonyl (C=O) groups excluding carboxylic acids is 2. The molecule has 3 amide bonds. The minimum absolute atomic E-state index is 0. The summed E-state index contributed by atoms with van der Waals surface area (Å²) in [6.45, 7) is 2.79. The summed E-state index contributed by atoms with van der Waals surface area (Å²) in [6, 6.07) is -0.160. The lowest BCUT2D eigenvalue weighted by molar-refractivity contribution is -0.134. The molecule has 0 saturated carbocycles. The number of piperidine rings is 1. The summed E-state index contributed by atoms with van der Waals surface area (Å²) in [7, 11) is 1.75. The van der Waals surface area contributed by atoms with Crippen LogP contribution in [0.3, 0.4) is 0 Å². The van der Waals surface area contributed by atoms with Crippen molar-refractivity contribution in [3.05, 3.63) is 18.7 Å². The number of imidazole rings is 1. The molecular formula is C14H23Cl2N5O2. The van der Waals surface area contributed by atoms with Crippen LogP contribution in [0.25, 0.3) is 0 Å². The Bertz CT molecular complexity index is 531. The van der Waals surface area contributed by atoms with E-state index < -0.39 is 5.54 Å². The maximum absolute atomic E-state index is 12.7. The zero-order valence-electron chi connectivity index (χ0n) is 13.1. The van der Waals surface area contributed by atoms with Crippen LogP contribution in [0.15, 0.2) is 18.7 Å². The van der Waals surface area contributed by atoms with Gasteiger partial charge in [-0.15, -0.1) is 24.8 Å². The number of nitrogens with one attached hydrogen (secondary N) is 1. The number of amides is 3. The monoisotopic (exact) mass is 363 g/mol. The zero-order chi connectivity index (χ0) is 14.9. The first-order chi connectivity index (χ1) is 10.1. The molecule has 3 rings (SSSR count). The number of halogens is 2. The third kappa shape index (κ3) is 3.46. The van der Waals surface area contributed by atoms with Crippen molar-refractivity contribution in [1.82, 2.24) is 24.7 Å². The van der Waals surface area contributed by atoms with Crippen molar-refractivity contribution in [2.24, 2.45) is 0 Å². The number of urea groups is 1. The second kappa shape index (κ2) is 7.99. The molecule has 1 spiro atoms. The van der Waals surface area contributed by atoms with Crippen LogP contribution in [-0.2, 0) is 11.3 Å². The summed E-state index contributed by atoms with van der Waals surface area (Å²) < 4.78 is 1.95. The van der Waals surface area contributed by atoms with E-state index in [4.69, 9.17) is 0 Å². The van der Waals surface area contributed by atoms with Gasteiger partial charge in [-0.3, -0.25) is 9.69 Å². The van der Waals surface area contributed by atoms with Crippen LogP contribution in [0.1, 0.15) is 19.3 Å². The Morgan fingerprint density at radius 3 is 2.52 bits per heavy atom. The van der Waals surface area contributed by atoms with Crippen molar-refractivity contribution >= 4 is 36.8 Å². The molecule has 23 heavy (non-hydrogen) atoms. The van der Waals surface area contributed by atoms with E-state index in [-0.39, 0.29) is 36.8 Å². The quantitative estimate of drug-likeness (QED) is 0.814. The molecule has 2 fully saturated rings. The minimum atomic E-state index is -0.614. The zero-order valence-corrected chi connectivity index (χ0v) is 14.7. The highest BCUT2D eigenvalue weighted by Crippen LogP contribution is 2.34. The fraction of sp³-hybridized carbons (Fsp3) is 0.643. The van der Waals surface area contributed by atoms with Crippen molar-refractivity contribution in [2.45, 2.75) is 31.3 Å². The minimum Gasteiger partial charge on any atom is -0.337 e. The van der Waals surface area contributed by atoms with E-state index in [2.05, 4.69) is 10.3 Å². The van der Waals surface area contributed by atoms with Crippen LogP contribution >= 0.6 is 24.8 Å². The molecule has 130 valence electrons. The number of hydrogen-bond acceptors (Lipinski definition) is 4. The Labute approximate surface area is 148 Å². The van der Waals surface area contributed by atoms with Gasteiger partial charge in [-0.2, -0.15) is 0 Å². The van der Waals surface area contributed by atoms with Gasteiger partial charge in [-0.05, 0) is 32.4 Å². The summed E-state index contributed by atoms with van der Waals surface area (Å²) in [6.07, 6.45) is 7.50. The second-order valence-electron chi connectivity index (χ2n) is 5.73. The van der Waals surface area contributed by atoms with Gasteiger partial charge < -0.3 is 14.8 Å². The Kier molecular flexibility index (Phi) is 6.85. The third-order valence-electron chi connectivity index (χ3n) is 4.59. The number of nitrogens with zero attached hydrogens (tertiary/aromatic N) is 4. The van der Waals surface area contributed by atoms with E-state index in [1.807, 2.05) is 10.8 Å². The molecule has 0 aromatic carbocycles. The Morgan fingerprint density at radius 1 is 1.22 bits per heavy atom. The van der Waals surface area contributed by atoms with E-state index in [0.717, 1.165) is 26.1 Å². The first-order valence-electron chi connectivity index (χ1n) is 7.41. The van der Waals surface area contributed by atoms with Gasteiger partial charge in [0.05, 0.1) is 6.33 Å². The predicted molar refractivity (Wildman–Crippen MR) is 91.0 cm³/mol. The second-order valence-corrected chi connectivity index (χ2v) is 5.73. The first-order valence-corrected chi connectivity index (χ1v) is 7.41. The Morgan fingerprint density at radius 2 is 1.91 bits per heavy atom. The topological polar surface area (TPSA) is 70.5 Å². The lowest BCUT2D eigenvalue weighted by atomic mass is 9.87. The van der Waals surface area contributed by atoms with Crippen LogP contribution in [0.4, 0.5) is 4.79 Å². The molecule has 1 aromatic rings. The molecule has 9 heteroatoms. The molecule has 0 radical (unpaired) electrons. The first kappa shape index (κ1) is 19.7. The summed E-state index contributed by atoms with van der Waals surface area (Å²) in [5, 5.41) is 3.25. The van der Waals surface area contributed by atoms with Gasteiger partial charge in [0.25, 0.3) is 5.91 Å². The largest absolute Gasteiger partial charge is 0.337 e. The summed E-state index contributed by atoms with van der Waals surface area (Å²) in [5.74, 6) is -0.0258. The van der Waals surface area contributed by atoms with E-state index >= 15 is 0 Å². The number of carbonyl (C=O) groups is 2. The van der Waals surface area contributed by atoms with Gasteiger partial charge in [0.2, 0.25) is 0 Å². The lowest BCUT2D eigenvalue weighted by Crippen LogP contribution is -2.54. The number of aryl methyl sites for hydroxylation is 1. The molecule has 1 N–H and O–H groups in total. The van der Waals surface area contributed by atoms with Gasteiger partial charge in [-0.1, -0.05) is 0 Å². The van der Waals surface area contributed by atoms with Gasteiger partial charge in [0, 0.05) is 32.5 Å². The number of likely N-dealkylation sites (N-methyl/N-ethyl adjacent to an activating group) is 1. The maximum atomic E-state index is 12.7. The maximum Gasteiger partial charge on any atom is 0.327 e. The molecule has 0 atom stereocenters. The van der Waals surface area contributed by atoms with Gasteiger partial charge in [0.1, 0.15) is 5.54 Å². The number of imide groups is 1. The summed E-state index contributed by atoms with van der Waals surface area (Å²) in [4.78, 5) is 32.1. The van der Waals surface area contributed by atoms with Gasteiger partial charge >= 0.3 is 6.03 Å². The highest BCUT2D eigenvalue weighted by atomic mass is 35.5. The SMILES string of the molecule is CN1C(=O)N(CCCn2ccnc2)C(=O)C12CCNCC2.Cl.Cl. The number of hydrogen-bond donors (Lipinski definition) is 1. The van der Waals surface area contributed by atoms with Crippen LogP contribution in [0, 0.1) is 0 Å². The molecule has 2 saturated heterocycles. The molecule has 2 aliphatic heterocycles. The van der Waals surface area contributed by atoms with Crippen molar-refractivity contribution < 1.29 is 9.59 Å². The molecule has 0 unspecified atom stereocenters. The van der Waals surface area contributed by atoms with Crippen LogP contribution < -0.4 is 5.32 Å². The average Bonchev–Trinajstić information content (AvgIpc) is 3.08. The van der Waals surface area contributed by atoms with Crippen molar-refractivity contribution in [3.63, 3.8) is 0 Å². The highest BCUT2D eigenvalue weighted by molar-refractivity contribution is 6.07. The third-order valence-corrected chi connectivity index (χ3v) is 4.59. The number of aromatic nitrogens is 2. The lowest BCUT2D eigenvalue weighted by Gasteiger charge is -2.36. The summed E-state index contributed by atoms with van der Waals surface area (Å²) in [5.41, 5.74) is -0.614. The number of rotatable bonds is 4. The molecule has 1 aromatic heterocycles. The smallest absolute Gasteiger partial charge is 0.327 e. The average molecular weight is 364 g/mol. The standard InChI is InChI=1S/C14H21N5O2.2ClH/c1-17-13(21)19(9-2-8-18-10-7-16-11-18)12(20)14(17)3-5-15-6-4-14;;/h7,10-11,15H,2-6,8-9H2,1H3;2*1H. The molecule has 0 aliphatic carbocycles. The normalized spacial score (nSPS) is 19.7. The fourth-order valence-corrected chi connectivity index (χ4v) is 3.26.